The maximum Gasteiger partial charge on any atom is 0.139 e. The molecule has 0 aliphatic heterocycles. The molecule has 2 aromatic rings. The number of rotatable bonds is 2. The number of hydrogen-bond donors (Lipinski definition) is 0. The Hall–Kier alpha value is -0.670. The van der Waals surface area contributed by atoms with Crippen LogP contribution >= 0.6 is 23.1 Å². The van der Waals surface area contributed by atoms with Crippen molar-refractivity contribution in [3.63, 3.8) is 0 Å². The molecule has 14 heavy (non-hydrogen) atoms. The predicted molar refractivity (Wildman–Crippen MR) is 64.9 cm³/mol. The van der Waals surface area contributed by atoms with Gasteiger partial charge in [0.1, 0.15) is 5.75 Å². The van der Waals surface area contributed by atoms with Gasteiger partial charge in [0.05, 0.1) is 11.8 Å². The summed E-state index contributed by atoms with van der Waals surface area (Å²) in [7, 11) is 1.74. The topological polar surface area (TPSA) is 9.23 Å². The van der Waals surface area contributed by atoms with E-state index in [-0.39, 0.29) is 0 Å². The van der Waals surface area contributed by atoms with Gasteiger partial charge in [-0.1, -0.05) is 12.1 Å². The first-order valence-corrected chi connectivity index (χ1v) is 6.47. The van der Waals surface area contributed by atoms with Crippen LogP contribution in [0.2, 0.25) is 0 Å². The van der Waals surface area contributed by atoms with Crippen molar-refractivity contribution >= 4 is 33.2 Å². The molecule has 74 valence electrons. The second kappa shape index (κ2) is 3.83. The van der Waals surface area contributed by atoms with Gasteiger partial charge in [-0.15, -0.1) is 23.1 Å². The van der Waals surface area contributed by atoms with E-state index in [1.54, 1.807) is 30.2 Å². The molecule has 1 heterocycles. The zero-order valence-corrected chi connectivity index (χ0v) is 10.1. The summed E-state index contributed by atoms with van der Waals surface area (Å²) in [6, 6.07) is 4.29. The highest BCUT2D eigenvalue weighted by molar-refractivity contribution is 7.99. The van der Waals surface area contributed by atoms with Crippen molar-refractivity contribution < 1.29 is 4.74 Å². The Balaban J connectivity index is 2.76. The van der Waals surface area contributed by atoms with Gasteiger partial charge in [0.15, 0.2) is 0 Å². The maximum atomic E-state index is 5.42. The first kappa shape index (κ1) is 9.87. The van der Waals surface area contributed by atoms with Crippen molar-refractivity contribution in [1.82, 2.24) is 0 Å². The number of methoxy groups -OCH3 is 1. The number of thiophene rings is 1. The summed E-state index contributed by atoms with van der Waals surface area (Å²) in [6.07, 6.45) is 2.10. The van der Waals surface area contributed by atoms with Crippen LogP contribution in [0.5, 0.6) is 5.75 Å². The van der Waals surface area contributed by atoms with Crippen LogP contribution in [0.3, 0.4) is 0 Å². The van der Waals surface area contributed by atoms with Crippen molar-refractivity contribution in [2.75, 3.05) is 13.4 Å². The largest absolute Gasteiger partial charge is 0.495 e. The van der Waals surface area contributed by atoms with Crippen LogP contribution in [0.15, 0.2) is 22.4 Å². The molecule has 1 nitrogen and oxygen atoms in total. The fourth-order valence-electron chi connectivity index (χ4n) is 1.56. The van der Waals surface area contributed by atoms with E-state index in [4.69, 9.17) is 4.74 Å². The Labute approximate surface area is 92.1 Å². The molecule has 0 spiro atoms. The minimum Gasteiger partial charge on any atom is -0.495 e. The molecule has 0 radical (unpaired) electrons. The lowest BCUT2D eigenvalue weighted by Gasteiger charge is -2.05. The van der Waals surface area contributed by atoms with Gasteiger partial charge in [0.25, 0.3) is 0 Å². The number of benzene rings is 1. The third-order valence-electron chi connectivity index (χ3n) is 2.28. The van der Waals surface area contributed by atoms with E-state index in [0.29, 0.717) is 0 Å². The SMILES string of the molecule is COc1c(C)ccc2c(SC)csc12. The summed E-state index contributed by atoms with van der Waals surface area (Å²) in [4.78, 5) is 1.34. The van der Waals surface area contributed by atoms with Gasteiger partial charge in [0.2, 0.25) is 0 Å². The third kappa shape index (κ3) is 1.41. The Kier molecular flexibility index (Phi) is 2.70. The monoisotopic (exact) mass is 224 g/mol. The van der Waals surface area contributed by atoms with E-state index in [1.807, 2.05) is 0 Å². The van der Waals surface area contributed by atoms with Crippen LogP contribution in [-0.2, 0) is 0 Å². The van der Waals surface area contributed by atoms with Gasteiger partial charge >= 0.3 is 0 Å². The zero-order chi connectivity index (χ0) is 10.1. The molecule has 0 aliphatic rings. The van der Waals surface area contributed by atoms with Crippen molar-refractivity contribution in [1.29, 1.82) is 0 Å². The lowest BCUT2D eigenvalue weighted by atomic mass is 10.2. The molecule has 0 fully saturated rings. The molecule has 0 bridgehead atoms. The smallest absolute Gasteiger partial charge is 0.139 e. The van der Waals surface area contributed by atoms with Crippen molar-refractivity contribution in [3.05, 3.63) is 23.1 Å². The molecule has 0 unspecified atom stereocenters. The molecule has 2 rings (SSSR count). The van der Waals surface area contributed by atoms with Crippen molar-refractivity contribution in [2.45, 2.75) is 11.8 Å². The summed E-state index contributed by atoms with van der Waals surface area (Å²) < 4.78 is 6.68. The van der Waals surface area contributed by atoms with Crippen LogP contribution in [0, 0.1) is 6.92 Å². The molecule has 0 N–H and O–H groups in total. The summed E-state index contributed by atoms with van der Waals surface area (Å²) in [6.45, 7) is 2.08. The predicted octanol–water partition coefficient (Wildman–Crippen LogP) is 3.94. The zero-order valence-electron chi connectivity index (χ0n) is 8.46. The number of aryl methyl sites for hydroxylation is 1. The van der Waals surface area contributed by atoms with Gasteiger partial charge in [-0.3, -0.25) is 0 Å². The minimum atomic E-state index is 1.02. The average Bonchev–Trinajstić information content (AvgIpc) is 2.60. The fourth-order valence-corrected chi connectivity index (χ4v) is 3.55. The van der Waals surface area contributed by atoms with E-state index >= 15 is 0 Å². The van der Waals surface area contributed by atoms with E-state index in [9.17, 15) is 0 Å². The summed E-state index contributed by atoms with van der Waals surface area (Å²) >= 11 is 3.54. The van der Waals surface area contributed by atoms with Gasteiger partial charge in [-0.2, -0.15) is 0 Å². The lowest BCUT2D eigenvalue weighted by Crippen LogP contribution is -1.86. The molecule has 0 atom stereocenters. The van der Waals surface area contributed by atoms with Crippen LogP contribution < -0.4 is 4.74 Å². The molecule has 1 aromatic heterocycles. The number of ether oxygens (including phenoxy) is 1. The fraction of sp³-hybridized carbons (Fsp3) is 0.273. The summed E-state index contributed by atoms with van der Waals surface area (Å²) in [5.74, 6) is 1.02. The van der Waals surface area contributed by atoms with Crippen LogP contribution in [0.25, 0.3) is 10.1 Å². The number of hydrogen-bond acceptors (Lipinski definition) is 3. The summed E-state index contributed by atoms with van der Waals surface area (Å²) in [5.41, 5.74) is 1.20. The second-order valence-electron chi connectivity index (χ2n) is 3.10. The van der Waals surface area contributed by atoms with Crippen molar-refractivity contribution in [2.24, 2.45) is 0 Å². The molecule has 0 saturated carbocycles. The number of thioether (sulfide) groups is 1. The van der Waals surface area contributed by atoms with Gasteiger partial charge < -0.3 is 4.74 Å². The highest BCUT2D eigenvalue weighted by atomic mass is 32.2. The molecule has 0 aliphatic carbocycles. The lowest BCUT2D eigenvalue weighted by molar-refractivity contribution is 0.417. The van der Waals surface area contributed by atoms with Crippen LogP contribution in [-0.4, -0.2) is 13.4 Å². The first-order chi connectivity index (χ1) is 6.77. The molecule has 0 saturated heterocycles. The molecule has 0 amide bonds. The minimum absolute atomic E-state index is 1.02. The Morgan fingerprint density at radius 2 is 2.14 bits per heavy atom. The van der Waals surface area contributed by atoms with Gasteiger partial charge in [-0.25, -0.2) is 0 Å². The normalized spacial score (nSPS) is 10.8. The standard InChI is InChI=1S/C11H12OS2/c1-7-4-5-8-9(13-3)6-14-11(8)10(7)12-2/h4-6H,1-3H3. The van der Waals surface area contributed by atoms with Crippen LogP contribution in [0.1, 0.15) is 5.56 Å². The maximum absolute atomic E-state index is 5.42. The van der Waals surface area contributed by atoms with E-state index in [1.165, 1.54) is 20.5 Å². The second-order valence-corrected chi connectivity index (χ2v) is 4.82. The third-order valence-corrected chi connectivity index (χ3v) is 4.20. The first-order valence-electron chi connectivity index (χ1n) is 4.36. The van der Waals surface area contributed by atoms with E-state index in [2.05, 4.69) is 30.7 Å². The van der Waals surface area contributed by atoms with Crippen LogP contribution in [0.4, 0.5) is 0 Å². The molecular weight excluding hydrogens is 212 g/mol. The Bertz CT molecular complexity index is 460. The number of fused-ring (bicyclic) bond motifs is 1. The highest BCUT2D eigenvalue weighted by Crippen LogP contribution is 2.39. The molecule has 3 heteroatoms. The average molecular weight is 224 g/mol. The van der Waals surface area contributed by atoms with Crippen molar-refractivity contribution in [3.8, 4) is 5.75 Å². The quantitative estimate of drug-likeness (QED) is 0.715. The van der Waals surface area contributed by atoms with E-state index < -0.39 is 0 Å². The molecular formula is C11H12OS2. The van der Waals surface area contributed by atoms with Gasteiger partial charge in [0, 0.05) is 15.7 Å². The molecule has 1 aromatic carbocycles. The summed E-state index contributed by atoms with van der Waals surface area (Å²) in [5, 5.41) is 3.50. The van der Waals surface area contributed by atoms with E-state index in [0.717, 1.165) is 5.75 Å². The Morgan fingerprint density at radius 1 is 1.36 bits per heavy atom. The van der Waals surface area contributed by atoms with Gasteiger partial charge in [-0.05, 0) is 18.7 Å². The highest BCUT2D eigenvalue weighted by Gasteiger charge is 2.09. The Morgan fingerprint density at radius 3 is 2.79 bits per heavy atom.